The average molecular weight is 615 g/mol. The molecule has 4 heterocycles. The fraction of sp³-hybridized carbons (Fsp3) is 0.382. The second-order valence-corrected chi connectivity index (χ2v) is 11.4. The summed E-state index contributed by atoms with van der Waals surface area (Å²) in [7, 11) is 1.56. The largest absolute Gasteiger partial charge is 0.496 e. The van der Waals surface area contributed by atoms with Crippen LogP contribution in [-0.4, -0.2) is 87.9 Å². The number of carbonyl (C=O) groups excluding carboxylic acids is 3. The second-order valence-electron chi connectivity index (χ2n) is 11.4. The van der Waals surface area contributed by atoms with Crippen LogP contribution in [0.1, 0.15) is 38.3 Å². The van der Waals surface area contributed by atoms with Crippen LogP contribution in [0, 0.1) is 6.92 Å². The number of ether oxygens (including phenoxy) is 4. The summed E-state index contributed by atoms with van der Waals surface area (Å²) in [6.07, 6.45) is 0.0818. The van der Waals surface area contributed by atoms with Crippen LogP contribution < -0.4 is 29.7 Å². The predicted molar refractivity (Wildman–Crippen MR) is 167 cm³/mol. The molecule has 45 heavy (non-hydrogen) atoms. The van der Waals surface area contributed by atoms with E-state index in [0.29, 0.717) is 67.6 Å². The molecule has 0 unspecified atom stereocenters. The fourth-order valence-electron chi connectivity index (χ4n) is 5.96. The van der Waals surface area contributed by atoms with Crippen LogP contribution in [0.4, 0.5) is 5.69 Å². The van der Waals surface area contributed by atoms with Gasteiger partial charge in [0.15, 0.2) is 6.61 Å². The van der Waals surface area contributed by atoms with Crippen molar-refractivity contribution in [2.24, 2.45) is 0 Å². The van der Waals surface area contributed by atoms with Gasteiger partial charge in [-0.15, -0.1) is 0 Å². The molecule has 4 bridgehead atoms. The number of hydrogen-bond donors (Lipinski definition) is 2. The number of carbonyl (C=O) groups is 3. The maximum absolute atomic E-state index is 14.0. The predicted octanol–water partition coefficient (Wildman–Crippen LogP) is 2.94. The number of amides is 3. The summed E-state index contributed by atoms with van der Waals surface area (Å²) in [5.41, 5.74) is 3.46. The van der Waals surface area contributed by atoms with Crippen LogP contribution in [0.25, 0.3) is 0 Å². The minimum absolute atomic E-state index is 0.0950. The quantitative estimate of drug-likeness (QED) is 0.463. The summed E-state index contributed by atoms with van der Waals surface area (Å²) in [6, 6.07) is 17.7. The Morgan fingerprint density at radius 3 is 2.64 bits per heavy atom. The molecule has 3 amide bonds. The normalized spacial score (nSPS) is 20.6. The van der Waals surface area contributed by atoms with Gasteiger partial charge in [0, 0.05) is 62.0 Å². The molecular weight excluding hydrogens is 576 g/mol. The molecule has 2 saturated heterocycles. The van der Waals surface area contributed by atoms with Crippen LogP contribution in [0.3, 0.4) is 0 Å². The van der Waals surface area contributed by atoms with Gasteiger partial charge in [-0.1, -0.05) is 18.2 Å². The maximum atomic E-state index is 14.0. The molecule has 0 spiro atoms. The number of aryl methyl sites for hydroxylation is 1. The van der Waals surface area contributed by atoms with Gasteiger partial charge in [-0.2, -0.15) is 0 Å². The third-order valence-corrected chi connectivity index (χ3v) is 8.47. The first-order chi connectivity index (χ1) is 21.9. The van der Waals surface area contributed by atoms with Gasteiger partial charge in [0.1, 0.15) is 23.4 Å². The lowest BCUT2D eigenvalue weighted by atomic mass is 9.99. The number of benzene rings is 3. The Morgan fingerprint density at radius 2 is 1.82 bits per heavy atom. The smallest absolute Gasteiger partial charge is 0.258 e. The van der Waals surface area contributed by atoms with Gasteiger partial charge in [-0.25, -0.2) is 0 Å². The highest BCUT2D eigenvalue weighted by molar-refractivity contribution is 6.00. The van der Waals surface area contributed by atoms with E-state index in [9.17, 15) is 14.4 Å². The molecule has 7 rings (SSSR count). The van der Waals surface area contributed by atoms with E-state index in [1.807, 2.05) is 43.3 Å². The Labute approximate surface area is 262 Å². The minimum Gasteiger partial charge on any atom is -0.496 e. The zero-order valence-corrected chi connectivity index (χ0v) is 25.5. The lowest BCUT2D eigenvalue weighted by Crippen LogP contribution is -2.58. The molecule has 2 fully saturated rings. The average Bonchev–Trinajstić information content (AvgIpc) is 3.07. The van der Waals surface area contributed by atoms with Crippen molar-refractivity contribution in [1.82, 2.24) is 15.5 Å². The second kappa shape index (κ2) is 13.5. The number of para-hydroxylation sites is 1. The number of rotatable bonds is 3. The van der Waals surface area contributed by atoms with Gasteiger partial charge in [0.25, 0.3) is 17.7 Å². The number of likely N-dealkylation sites (tertiary alicyclic amines) is 1. The lowest BCUT2D eigenvalue weighted by Gasteiger charge is -2.39. The zero-order valence-electron chi connectivity index (χ0n) is 25.5. The van der Waals surface area contributed by atoms with Crippen molar-refractivity contribution in [3.8, 4) is 17.2 Å². The van der Waals surface area contributed by atoms with Crippen molar-refractivity contribution < 1.29 is 33.3 Å². The summed E-state index contributed by atoms with van der Waals surface area (Å²) in [5, 5.41) is 5.99. The summed E-state index contributed by atoms with van der Waals surface area (Å²) in [4.78, 5) is 44.2. The summed E-state index contributed by atoms with van der Waals surface area (Å²) < 4.78 is 23.4. The number of morpholine rings is 1. The molecule has 0 aliphatic carbocycles. The molecular formula is C34H38N4O7. The number of nitrogens with one attached hydrogen (secondary N) is 2. The SMILES string of the molecule is COc1cc2ccc1CNC(=O)COc1cc(ccc1C)C(=O)N[C@H]1CN(C(=O)c3ccccc3N3CCOCC3)CC[C@H]1O2. The number of hydrogen-bond acceptors (Lipinski definition) is 8. The zero-order chi connectivity index (χ0) is 31.3. The molecule has 0 aromatic heterocycles. The summed E-state index contributed by atoms with van der Waals surface area (Å²) in [5.74, 6) is 0.839. The van der Waals surface area contributed by atoms with Crippen molar-refractivity contribution in [1.29, 1.82) is 0 Å². The van der Waals surface area contributed by atoms with E-state index in [1.165, 1.54) is 0 Å². The van der Waals surface area contributed by atoms with E-state index in [1.54, 1.807) is 36.3 Å². The number of fused-ring (bicyclic) bond motifs is 7. The van der Waals surface area contributed by atoms with Crippen molar-refractivity contribution in [3.63, 3.8) is 0 Å². The van der Waals surface area contributed by atoms with Crippen molar-refractivity contribution >= 4 is 23.4 Å². The topological polar surface area (TPSA) is 119 Å². The number of piperidine rings is 1. The number of methoxy groups -OCH3 is 1. The number of anilines is 1. The molecule has 3 aromatic rings. The van der Waals surface area contributed by atoms with Crippen LogP contribution in [-0.2, 0) is 16.1 Å². The lowest BCUT2D eigenvalue weighted by molar-refractivity contribution is -0.123. The van der Waals surface area contributed by atoms with Gasteiger partial charge >= 0.3 is 0 Å². The third-order valence-electron chi connectivity index (χ3n) is 8.47. The molecule has 4 aliphatic heterocycles. The highest BCUT2D eigenvalue weighted by Gasteiger charge is 2.36. The van der Waals surface area contributed by atoms with Gasteiger partial charge in [-0.05, 0) is 48.9 Å². The first-order valence-corrected chi connectivity index (χ1v) is 15.2. The molecule has 11 nitrogen and oxygen atoms in total. The van der Waals surface area contributed by atoms with Crippen LogP contribution >= 0.6 is 0 Å². The first kappa shape index (κ1) is 30.3. The summed E-state index contributed by atoms with van der Waals surface area (Å²) >= 11 is 0. The molecule has 3 aromatic carbocycles. The Bertz CT molecular complexity index is 1570. The fourth-order valence-corrected chi connectivity index (χ4v) is 5.96. The van der Waals surface area contributed by atoms with Crippen LogP contribution in [0.5, 0.6) is 17.2 Å². The van der Waals surface area contributed by atoms with E-state index in [-0.39, 0.29) is 37.4 Å². The van der Waals surface area contributed by atoms with E-state index in [0.717, 1.165) is 16.8 Å². The van der Waals surface area contributed by atoms with E-state index in [4.69, 9.17) is 18.9 Å². The highest BCUT2D eigenvalue weighted by Crippen LogP contribution is 2.29. The van der Waals surface area contributed by atoms with Gasteiger partial charge in [0.2, 0.25) is 0 Å². The van der Waals surface area contributed by atoms with Crippen molar-refractivity contribution in [2.75, 3.05) is 58.0 Å². The number of nitrogens with zero attached hydrogens (tertiary/aromatic N) is 2. The molecule has 236 valence electrons. The van der Waals surface area contributed by atoms with Gasteiger partial charge in [0.05, 0.1) is 31.9 Å². The molecule has 2 N–H and O–H groups in total. The van der Waals surface area contributed by atoms with Crippen LogP contribution in [0.15, 0.2) is 60.7 Å². The van der Waals surface area contributed by atoms with Crippen LogP contribution in [0.2, 0.25) is 0 Å². The monoisotopic (exact) mass is 614 g/mol. The van der Waals surface area contributed by atoms with Gasteiger partial charge in [-0.3, -0.25) is 14.4 Å². The Kier molecular flexibility index (Phi) is 9.06. The third kappa shape index (κ3) is 6.83. The standard InChI is InChI=1S/C34H38N4O7/c1-22-7-8-23-17-30(22)44-21-32(39)35-19-24-9-10-25(18-31(24)42-2)45-29-11-12-38(20-27(29)36-33(23)40)34(41)26-5-3-4-6-28(26)37-13-15-43-16-14-37/h3-10,17-18,27,29H,11-16,19-21H2,1-2H3,(H,35,39)(H,36,40)/t27-,29+/m0/s1. The molecule has 0 saturated carbocycles. The van der Waals surface area contributed by atoms with Crippen molar-refractivity contribution in [3.05, 3.63) is 82.9 Å². The van der Waals surface area contributed by atoms with Crippen molar-refractivity contribution in [2.45, 2.75) is 32.0 Å². The Balaban J connectivity index is 1.30. The summed E-state index contributed by atoms with van der Waals surface area (Å²) in [6.45, 7) is 5.27. The molecule has 0 radical (unpaired) electrons. The maximum Gasteiger partial charge on any atom is 0.258 e. The van der Waals surface area contributed by atoms with E-state index in [2.05, 4.69) is 15.5 Å². The van der Waals surface area contributed by atoms with E-state index < -0.39 is 12.1 Å². The minimum atomic E-state index is -0.513. The molecule has 4 aliphatic rings. The highest BCUT2D eigenvalue weighted by atomic mass is 16.5. The molecule has 2 atom stereocenters. The van der Waals surface area contributed by atoms with Gasteiger partial charge < -0.3 is 39.4 Å². The Morgan fingerprint density at radius 1 is 1.00 bits per heavy atom. The first-order valence-electron chi connectivity index (χ1n) is 15.2. The Hall–Kier alpha value is -4.77. The molecule has 11 heteroatoms. The van der Waals surface area contributed by atoms with E-state index >= 15 is 0 Å².